The van der Waals surface area contributed by atoms with E-state index in [1.165, 1.54) is 0 Å². The highest BCUT2D eigenvalue weighted by Crippen LogP contribution is 2.22. The number of hydrogen-bond donors (Lipinski definition) is 1. The lowest BCUT2D eigenvalue weighted by atomic mass is 10.1. The van der Waals surface area contributed by atoms with Crippen molar-refractivity contribution in [3.63, 3.8) is 0 Å². The Morgan fingerprint density at radius 3 is 2.53 bits per heavy atom. The van der Waals surface area contributed by atoms with Gasteiger partial charge in [0.1, 0.15) is 0 Å². The molecule has 0 aromatic heterocycles. The van der Waals surface area contributed by atoms with Gasteiger partial charge in [0.05, 0.1) is 12.2 Å². The van der Waals surface area contributed by atoms with Gasteiger partial charge in [-0.25, -0.2) is 0 Å². The number of hydrogen-bond acceptors (Lipinski definition) is 2. The predicted octanol–water partition coefficient (Wildman–Crippen LogP) is 3.38. The number of amides is 1. The van der Waals surface area contributed by atoms with Gasteiger partial charge in [-0.05, 0) is 47.8 Å². The summed E-state index contributed by atoms with van der Waals surface area (Å²) in [6, 6.07) is 5.92. The van der Waals surface area contributed by atoms with Crippen LogP contribution in [0.4, 0.5) is 0 Å². The minimum atomic E-state index is -0.0154. The first-order valence-corrected chi connectivity index (χ1v) is 7.52. The lowest BCUT2D eigenvalue weighted by Crippen LogP contribution is -2.41. The number of aliphatic hydroxyl groups is 1. The van der Waals surface area contributed by atoms with Crippen LogP contribution >= 0.6 is 15.9 Å². The summed E-state index contributed by atoms with van der Waals surface area (Å²) in [5, 5.41) is 9.19. The summed E-state index contributed by atoms with van der Waals surface area (Å²) in [4.78, 5) is 14.4. The average molecular weight is 328 g/mol. The Balaban J connectivity index is 3.08. The molecular formula is C15H22BrNO2. The molecule has 0 saturated heterocycles. The molecule has 0 aliphatic heterocycles. The van der Waals surface area contributed by atoms with Crippen molar-refractivity contribution in [2.45, 2.75) is 39.7 Å². The van der Waals surface area contributed by atoms with Crippen LogP contribution in [0.15, 0.2) is 22.7 Å². The number of rotatable bonds is 6. The summed E-state index contributed by atoms with van der Waals surface area (Å²) in [5.74, 6) is -0.0154. The number of benzene rings is 1. The molecule has 0 aliphatic rings. The van der Waals surface area contributed by atoms with E-state index in [4.69, 9.17) is 0 Å². The topological polar surface area (TPSA) is 40.5 Å². The summed E-state index contributed by atoms with van der Waals surface area (Å²) in [5.41, 5.74) is 1.72. The Bertz CT molecular complexity index is 430. The van der Waals surface area contributed by atoms with Crippen LogP contribution in [0.1, 0.15) is 42.6 Å². The molecule has 0 heterocycles. The summed E-state index contributed by atoms with van der Waals surface area (Å²) in [6.45, 7) is 6.47. The van der Waals surface area contributed by atoms with E-state index in [1.807, 2.05) is 25.1 Å². The molecule has 19 heavy (non-hydrogen) atoms. The van der Waals surface area contributed by atoms with Crippen LogP contribution < -0.4 is 0 Å². The van der Waals surface area contributed by atoms with E-state index in [1.54, 1.807) is 4.90 Å². The molecule has 4 heteroatoms. The van der Waals surface area contributed by atoms with E-state index >= 15 is 0 Å². The normalized spacial score (nSPS) is 10.8. The minimum Gasteiger partial charge on any atom is -0.395 e. The van der Waals surface area contributed by atoms with E-state index in [0.717, 1.165) is 22.9 Å². The van der Waals surface area contributed by atoms with Gasteiger partial charge in [0.2, 0.25) is 0 Å². The maximum Gasteiger partial charge on any atom is 0.255 e. The van der Waals surface area contributed by atoms with E-state index in [-0.39, 0.29) is 18.6 Å². The van der Waals surface area contributed by atoms with Crippen LogP contribution in [-0.4, -0.2) is 35.1 Å². The Hall–Kier alpha value is -0.870. The van der Waals surface area contributed by atoms with E-state index in [0.29, 0.717) is 12.1 Å². The first kappa shape index (κ1) is 16.2. The van der Waals surface area contributed by atoms with E-state index in [9.17, 15) is 9.90 Å². The van der Waals surface area contributed by atoms with Crippen molar-refractivity contribution in [3.05, 3.63) is 33.8 Å². The molecule has 1 N–H and O–H groups in total. The van der Waals surface area contributed by atoms with Crippen molar-refractivity contribution in [3.8, 4) is 0 Å². The van der Waals surface area contributed by atoms with Crippen molar-refractivity contribution >= 4 is 21.8 Å². The predicted molar refractivity (Wildman–Crippen MR) is 81.4 cm³/mol. The Morgan fingerprint density at radius 1 is 1.37 bits per heavy atom. The van der Waals surface area contributed by atoms with Gasteiger partial charge < -0.3 is 10.0 Å². The lowest BCUT2D eigenvalue weighted by Gasteiger charge is -2.30. The zero-order valence-corrected chi connectivity index (χ0v) is 13.4. The molecule has 0 fully saturated rings. The second kappa shape index (κ2) is 7.65. The van der Waals surface area contributed by atoms with Crippen LogP contribution in [0.5, 0.6) is 0 Å². The van der Waals surface area contributed by atoms with E-state index in [2.05, 4.69) is 29.8 Å². The van der Waals surface area contributed by atoms with Gasteiger partial charge in [-0.1, -0.05) is 25.5 Å². The SMILES string of the molecule is CCC(CC)N(CCO)C(=O)c1cc(C)ccc1Br. The molecular weight excluding hydrogens is 306 g/mol. The van der Waals surface area contributed by atoms with Crippen LogP contribution in [0.2, 0.25) is 0 Å². The standard InChI is InChI=1S/C15H22BrNO2/c1-4-12(5-2)17(8-9-18)15(19)13-10-11(3)6-7-14(13)16/h6-7,10,12,18H,4-5,8-9H2,1-3H3. The molecule has 1 aromatic carbocycles. The number of halogens is 1. The maximum atomic E-state index is 12.7. The van der Waals surface area contributed by atoms with Crippen molar-refractivity contribution in [1.29, 1.82) is 0 Å². The van der Waals surface area contributed by atoms with Gasteiger partial charge in [0.25, 0.3) is 5.91 Å². The van der Waals surface area contributed by atoms with Crippen LogP contribution in [0.3, 0.4) is 0 Å². The monoisotopic (exact) mass is 327 g/mol. The Kier molecular flexibility index (Phi) is 6.52. The molecule has 0 atom stereocenters. The smallest absolute Gasteiger partial charge is 0.255 e. The maximum absolute atomic E-state index is 12.7. The fraction of sp³-hybridized carbons (Fsp3) is 0.533. The van der Waals surface area contributed by atoms with Gasteiger partial charge in [-0.2, -0.15) is 0 Å². The molecule has 3 nitrogen and oxygen atoms in total. The molecule has 106 valence electrons. The Labute approximate surface area is 123 Å². The molecule has 1 aromatic rings. The molecule has 1 rings (SSSR count). The van der Waals surface area contributed by atoms with Crippen molar-refractivity contribution in [2.24, 2.45) is 0 Å². The van der Waals surface area contributed by atoms with E-state index < -0.39 is 0 Å². The lowest BCUT2D eigenvalue weighted by molar-refractivity contribution is 0.0621. The third-order valence-electron chi connectivity index (χ3n) is 3.34. The summed E-state index contributed by atoms with van der Waals surface area (Å²) in [7, 11) is 0. The fourth-order valence-electron chi connectivity index (χ4n) is 2.24. The average Bonchev–Trinajstić information content (AvgIpc) is 2.41. The third-order valence-corrected chi connectivity index (χ3v) is 4.03. The molecule has 0 unspecified atom stereocenters. The fourth-order valence-corrected chi connectivity index (χ4v) is 2.66. The number of carbonyl (C=O) groups excluding carboxylic acids is 1. The van der Waals surface area contributed by atoms with Gasteiger partial charge >= 0.3 is 0 Å². The quantitative estimate of drug-likeness (QED) is 0.870. The number of aliphatic hydroxyl groups excluding tert-OH is 1. The number of nitrogens with zero attached hydrogens (tertiary/aromatic N) is 1. The van der Waals surface area contributed by atoms with Crippen molar-refractivity contribution in [2.75, 3.05) is 13.2 Å². The first-order chi connectivity index (χ1) is 9.04. The second-order valence-corrected chi connectivity index (χ2v) is 5.53. The highest BCUT2D eigenvalue weighted by atomic mass is 79.9. The van der Waals surface area contributed by atoms with Crippen molar-refractivity contribution < 1.29 is 9.90 Å². The van der Waals surface area contributed by atoms with Gasteiger partial charge in [-0.3, -0.25) is 4.79 Å². The number of carbonyl (C=O) groups is 1. The molecule has 0 saturated carbocycles. The summed E-state index contributed by atoms with van der Waals surface area (Å²) >= 11 is 3.43. The third kappa shape index (κ3) is 4.05. The zero-order chi connectivity index (χ0) is 14.4. The second-order valence-electron chi connectivity index (χ2n) is 4.68. The highest BCUT2D eigenvalue weighted by molar-refractivity contribution is 9.10. The summed E-state index contributed by atoms with van der Waals surface area (Å²) in [6.07, 6.45) is 1.79. The molecule has 1 amide bonds. The minimum absolute atomic E-state index is 0.00826. The van der Waals surface area contributed by atoms with Gasteiger partial charge in [0, 0.05) is 17.1 Å². The van der Waals surface area contributed by atoms with Gasteiger partial charge in [0.15, 0.2) is 0 Å². The van der Waals surface area contributed by atoms with Crippen LogP contribution in [-0.2, 0) is 0 Å². The first-order valence-electron chi connectivity index (χ1n) is 6.73. The van der Waals surface area contributed by atoms with Crippen LogP contribution in [0, 0.1) is 6.92 Å². The largest absolute Gasteiger partial charge is 0.395 e. The molecule has 0 aliphatic carbocycles. The van der Waals surface area contributed by atoms with Crippen molar-refractivity contribution in [1.82, 2.24) is 4.90 Å². The summed E-state index contributed by atoms with van der Waals surface area (Å²) < 4.78 is 0.803. The number of aryl methyl sites for hydroxylation is 1. The molecule has 0 bridgehead atoms. The van der Waals surface area contributed by atoms with Crippen LogP contribution in [0.25, 0.3) is 0 Å². The van der Waals surface area contributed by atoms with Gasteiger partial charge in [-0.15, -0.1) is 0 Å². The Morgan fingerprint density at radius 2 is 2.00 bits per heavy atom. The zero-order valence-electron chi connectivity index (χ0n) is 11.8. The molecule has 0 radical (unpaired) electrons. The molecule has 0 spiro atoms. The highest BCUT2D eigenvalue weighted by Gasteiger charge is 2.23.